The van der Waals surface area contributed by atoms with Crippen molar-refractivity contribution in [1.29, 1.82) is 0 Å². The summed E-state index contributed by atoms with van der Waals surface area (Å²) in [4.78, 5) is 0. The van der Waals surface area contributed by atoms with E-state index in [0.717, 1.165) is 31.8 Å². The second-order valence-electron chi connectivity index (χ2n) is 5.01. The molecule has 2 aliphatic rings. The predicted octanol–water partition coefficient (Wildman–Crippen LogP) is 3.33. The highest BCUT2D eigenvalue weighted by molar-refractivity contribution is 6.21. The van der Waals surface area contributed by atoms with Crippen molar-refractivity contribution < 1.29 is 9.47 Å². The van der Waals surface area contributed by atoms with Gasteiger partial charge in [-0.15, -0.1) is 11.6 Å². The van der Waals surface area contributed by atoms with Gasteiger partial charge < -0.3 is 9.47 Å². The zero-order chi connectivity index (χ0) is 11.8. The second-order valence-corrected chi connectivity index (χ2v) is 5.48. The maximum Gasteiger partial charge on any atom is 0.122 e. The summed E-state index contributed by atoms with van der Waals surface area (Å²) in [7, 11) is 0. The van der Waals surface area contributed by atoms with Crippen LogP contribution in [0.3, 0.4) is 0 Å². The van der Waals surface area contributed by atoms with E-state index in [0.29, 0.717) is 12.0 Å². The first kappa shape index (κ1) is 11.4. The number of hydrogen-bond acceptors (Lipinski definition) is 2. The highest BCUT2D eigenvalue weighted by Crippen LogP contribution is 2.38. The minimum atomic E-state index is 0.0610. The van der Waals surface area contributed by atoms with Crippen LogP contribution in [0.1, 0.15) is 29.8 Å². The standard InChI is InChI=1S/C14H17ClO2/c1-9-6-12(8-17-9)14(15)11-2-3-13-10(7-11)4-5-16-13/h2-3,7,9,12,14H,4-6,8H2,1H3. The Morgan fingerprint density at radius 3 is 3.06 bits per heavy atom. The van der Waals surface area contributed by atoms with Gasteiger partial charge in [0.25, 0.3) is 0 Å². The molecule has 1 aromatic rings. The lowest BCUT2D eigenvalue weighted by atomic mass is 9.95. The summed E-state index contributed by atoms with van der Waals surface area (Å²) in [5, 5.41) is 0.0610. The van der Waals surface area contributed by atoms with E-state index in [1.807, 2.05) is 6.07 Å². The van der Waals surface area contributed by atoms with Crippen molar-refractivity contribution >= 4 is 11.6 Å². The van der Waals surface area contributed by atoms with E-state index in [1.54, 1.807) is 0 Å². The normalized spacial score (nSPS) is 28.8. The van der Waals surface area contributed by atoms with Crippen LogP contribution in [0.15, 0.2) is 18.2 Å². The fourth-order valence-corrected chi connectivity index (χ4v) is 3.02. The topological polar surface area (TPSA) is 18.5 Å². The number of alkyl halides is 1. The van der Waals surface area contributed by atoms with Crippen LogP contribution in [-0.2, 0) is 11.2 Å². The lowest BCUT2D eigenvalue weighted by molar-refractivity contribution is 0.120. The first-order valence-corrected chi connectivity index (χ1v) is 6.69. The van der Waals surface area contributed by atoms with Gasteiger partial charge in [0.05, 0.1) is 24.7 Å². The molecule has 0 N–H and O–H groups in total. The summed E-state index contributed by atoms with van der Waals surface area (Å²) < 4.78 is 11.1. The average Bonchev–Trinajstić information content (AvgIpc) is 2.95. The molecule has 1 aromatic carbocycles. The summed E-state index contributed by atoms with van der Waals surface area (Å²) >= 11 is 6.56. The molecule has 0 spiro atoms. The van der Waals surface area contributed by atoms with E-state index in [1.165, 1.54) is 11.1 Å². The highest BCUT2D eigenvalue weighted by Gasteiger charge is 2.29. The van der Waals surface area contributed by atoms with Gasteiger partial charge in [0.15, 0.2) is 0 Å². The molecule has 0 aromatic heterocycles. The molecule has 0 amide bonds. The third kappa shape index (κ3) is 2.16. The van der Waals surface area contributed by atoms with Gasteiger partial charge >= 0.3 is 0 Å². The minimum Gasteiger partial charge on any atom is -0.493 e. The van der Waals surface area contributed by atoms with Crippen molar-refractivity contribution in [3.8, 4) is 5.75 Å². The summed E-state index contributed by atoms with van der Waals surface area (Å²) in [6.45, 7) is 3.69. The Balaban J connectivity index is 1.79. The third-order valence-electron chi connectivity index (χ3n) is 3.68. The largest absolute Gasteiger partial charge is 0.493 e. The van der Waals surface area contributed by atoms with E-state index in [-0.39, 0.29) is 5.38 Å². The molecule has 1 fully saturated rings. The van der Waals surface area contributed by atoms with Gasteiger partial charge in [-0.1, -0.05) is 12.1 Å². The van der Waals surface area contributed by atoms with Gasteiger partial charge in [-0.25, -0.2) is 0 Å². The smallest absolute Gasteiger partial charge is 0.122 e. The van der Waals surface area contributed by atoms with Gasteiger partial charge in [-0.2, -0.15) is 0 Å². The maximum atomic E-state index is 6.56. The molecule has 3 atom stereocenters. The molecular weight excluding hydrogens is 236 g/mol. The van der Waals surface area contributed by atoms with Crippen molar-refractivity contribution in [3.63, 3.8) is 0 Å². The van der Waals surface area contributed by atoms with Gasteiger partial charge in [0.1, 0.15) is 5.75 Å². The van der Waals surface area contributed by atoms with Gasteiger partial charge in [0, 0.05) is 12.3 Å². The van der Waals surface area contributed by atoms with Crippen molar-refractivity contribution in [2.45, 2.75) is 31.2 Å². The Morgan fingerprint density at radius 2 is 2.29 bits per heavy atom. The lowest BCUT2D eigenvalue weighted by Crippen LogP contribution is -2.08. The van der Waals surface area contributed by atoms with Gasteiger partial charge in [-0.05, 0) is 30.5 Å². The molecule has 3 rings (SSSR count). The number of fused-ring (bicyclic) bond motifs is 1. The second kappa shape index (κ2) is 4.51. The summed E-state index contributed by atoms with van der Waals surface area (Å²) in [5.41, 5.74) is 2.50. The number of benzene rings is 1. The van der Waals surface area contributed by atoms with Crippen LogP contribution in [0.25, 0.3) is 0 Å². The van der Waals surface area contributed by atoms with Crippen LogP contribution < -0.4 is 4.74 Å². The molecule has 0 aliphatic carbocycles. The molecule has 2 aliphatic heterocycles. The zero-order valence-electron chi connectivity index (χ0n) is 9.99. The van der Waals surface area contributed by atoms with E-state index >= 15 is 0 Å². The third-order valence-corrected chi connectivity index (χ3v) is 4.28. The van der Waals surface area contributed by atoms with E-state index in [9.17, 15) is 0 Å². The molecule has 3 unspecified atom stereocenters. The molecule has 0 radical (unpaired) electrons. The monoisotopic (exact) mass is 252 g/mol. The van der Waals surface area contributed by atoms with E-state index in [4.69, 9.17) is 21.1 Å². The van der Waals surface area contributed by atoms with Crippen LogP contribution in [0.2, 0.25) is 0 Å². The minimum absolute atomic E-state index is 0.0610. The Bertz CT molecular complexity index is 419. The molecule has 0 bridgehead atoms. The summed E-state index contributed by atoms with van der Waals surface area (Å²) in [5.74, 6) is 1.46. The molecular formula is C14H17ClO2. The van der Waals surface area contributed by atoms with Crippen molar-refractivity contribution in [2.75, 3.05) is 13.2 Å². The van der Waals surface area contributed by atoms with Crippen molar-refractivity contribution in [1.82, 2.24) is 0 Å². The van der Waals surface area contributed by atoms with Crippen LogP contribution in [-0.4, -0.2) is 19.3 Å². The highest BCUT2D eigenvalue weighted by atomic mass is 35.5. The Labute approximate surface area is 107 Å². The van der Waals surface area contributed by atoms with Crippen LogP contribution >= 0.6 is 11.6 Å². The SMILES string of the molecule is CC1CC(C(Cl)c2ccc3c(c2)CCO3)CO1. The zero-order valence-corrected chi connectivity index (χ0v) is 10.7. The van der Waals surface area contributed by atoms with E-state index < -0.39 is 0 Å². The predicted molar refractivity (Wildman–Crippen MR) is 67.8 cm³/mol. The Morgan fingerprint density at radius 1 is 1.41 bits per heavy atom. The van der Waals surface area contributed by atoms with Crippen LogP contribution in [0.5, 0.6) is 5.75 Å². The number of ether oxygens (including phenoxy) is 2. The van der Waals surface area contributed by atoms with Crippen molar-refractivity contribution in [3.05, 3.63) is 29.3 Å². The van der Waals surface area contributed by atoms with Gasteiger partial charge in [0.2, 0.25) is 0 Å². The first-order valence-electron chi connectivity index (χ1n) is 6.25. The van der Waals surface area contributed by atoms with Crippen LogP contribution in [0, 0.1) is 5.92 Å². The summed E-state index contributed by atoms with van der Waals surface area (Å²) in [6.07, 6.45) is 2.41. The molecule has 1 saturated heterocycles. The molecule has 17 heavy (non-hydrogen) atoms. The molecule has 0 saturated carbocycles. The fourth-order valence-electron chi connectivity index (χ4n) is 2.70. The van der Waals surface area contributed by atoms with Gasteiger partial charge in [-0.3, -0.25) is 0 Å². The number of hydrogen-bond donors (Lipinski definition) is 0. The average molecular weight is 253 g/mol. The molecule has 2 heterocycles. The summed E-state index contributed by atoms with van der Waals surface area (Å²) in [6, 6.07) is 6.33. The lowest BCUT2D eigenvalue weighted by Gasteiger charge is -2.16. The fraction of sp³-hybridized carbons (Fsp3) is 0.571. The first-order chi connectivity index (χ1) is 8.24. The Kier molecular flexibility index (Phi) is 3.01. The van der Waals surface area contributed by atoms with Crippen molar-refractivity contribution in [2.24, 2.45) is 5.92 Å². The molecule has 2 nitrogen and oxygen atoms in total. The molecule has 3 heteroatoms. The number of halogens is 1. The molecule has 92 valence electrons. The van der Waals surface area contributed by atoms with Crippen LogP contribution in [0.4, 0.5) is 0 Å². The number of rotatable bonds is 2. The Hall–Kier alpha value is -0.730. The quantitative estimate of drug-likeness (QED) is 0.752. The maximum absolute atomic E-state index is 6.56. The van der Waals surface area contributed by atoms with E-state index in [2.05, 4.69) is 19.1 Å².